The number of aromatic nitrogens is 1. The van der Waals surface area contributed by atoms with Gasteiger partial charge in [0.25, 0.3) is 0 Å². The van der Waals surface area contributed by atoms with Crippen LogP contribution in [0.3, 0.4) is 0 Å². The van der Waals surface area contributed by atoms with Crippen molar-refractivity contribution in [2.75, 3.05) is 0 Å². The predicted molar refractivity (Wildman–Crippen MR) is 92.8 cm³/mol. The lowest BCUT2D eigenvalue weighted by atomic mass is 10.1. The van der Waals surface area contributed by atoms with Crippen LogP contribution >= 0.6 is 11.3 Å². The maximum Gasteiger partial charge on any atom is 0.346 e. The highest BCUT2D eigenvalue weighted by Crippen LogP contribution is 2.30. The monoisotopic (exact) mass is 337 g/mol. The van der Waals surface area contributed by atoms with Gasteiger partial charge in [0.1, 0.15) is 10.6 Å². The average molecular weight is 337 g/mol. The zero-order valence-electron chi connectivity index (χ0n) is 12.6. The summed E-state index contributed by atoms with van der Waals surface area (Å²) in [5, 5.41) is 10.4. The first-order valence-corrected chi connectivity index (χ1v) is 8.02. The zero-order chi connectivity index (χ0) is 16.8. The molecule has 0 radical (unpaired) electrons. The molecule has 6 heteroatoms. The Hall–Kier alpha value is -2.99. The molecule has 0 spiro atoms. The van der Waals surface area contributed by atoms with Gasteiger partial charge in [0.2, 0.25) is 0 Å². The Balaban J connectivity index is 1.92. The summed E-state index contributed by atoms with van der Waals surface area (Å²) in [6.07, 6.45) is 0. The molecule has 0 atom stereocenters. The molecule has 1 N–H and O–H groups in total. The van der Waals surface area contributed by atoms with E-state index in [0.717, 1.165) is 15.6 Å². The van der Waals surface area contributed by atoms with E-state index in [1.54, 1.807) is 12.1 Å². The van der Waals surface area contributed by atoms with Gasteiger partial charge in [0, 0.05) is 5.39 Å². The molecule has 0 aliphatic rings. The molecule has 0 bridgehead atoms. The van der Waals surface area contributed by atoms with Crippen molar-refractivity contribution in [3.05, 3.63) is 64.0 Å². The van der Waals surface area contributed by atoms with Gasteiger partial charge in [0.15, 0.2) is 0 Å². The summed E-state index contributed by atoms with van der Waals surface area (Å²) >= 11 is 1.33. The number of rotatable bonds is 2. The molecule has 0 fully saturated rings. The van der Waals surface area contributed by atoms with Crippen LogP contribution in [0, 0.1) is 6.92 Å². The van der Waals surface area contributed by atoms with Gasteiger partial charge in [-0.25, -0.2) is 14.6 Å². The van der Waals surface area contributed by atoms with Gasteiger partial charge in [-0.3, -0.25) is 0 Å². The summed E-state index contributed by atoms with van der Waals surface area (Å²) in [6, 6.07) is 12.2. The molecule has 0 aliphatic heterocycles. The van der Waals surface area contributed by atoms with Crippen molar-refractivity contribution in [1.29, 1.82) is 0 Å². The van der Waals surface area contributed by atoms with Crippen molar-refractivity contribution in [3.63, 3.8) is 0 Å². The summed E-state index contributed by atoms with van der Waals surface area (Å²) in [6.45, 7) is 1.93. The van der Waals surface area contributed by atoms with Crippen LogP contribution in [0.1, 0.15) is 15.9 Å². The first kappa shape index (κ1) is 14.6. The molecule has 5 nitrogen and oxygen atoms in total. The molecule has 118 valence electrons. The fourth-order valence-corrected chi connectivity index (χ4v) is 3.49. The molecule has 0 saturated heterocycles. The molecule has 2 aromatic heterocycles. The van der Waals surface area contributed by atoms with Crippen LogP contribution in [-0.2, 0) is 0 Å². The van der Waals surface area contributed by atoms with Crippen LogP contribution in [0.4, 0.5) is 0 Å². The topological polar surface area (TPSA) is 80.4 Å². The number of carboxylic acid groups (broad SMARTS) is 1. The highest BCUT2D eigenvalue weighted by Gasteiger charge is 2.14. The number of fused-ring (bicyclic) bond motifs is 2. The quantitative estimate of drug-likeness (QED) is 0.558. The maximum absolute atomic E-state index is 12.3. The Kier molecular flexibility index (Phi) is 3.21. The molecule has 2 heterocycles. The predicted octanol–water partition coefficient (Wildman–Crippen LogP) is 4.08. The van der Waals surface area contributed by atoms with E-state index in [1.807, 2.05) is 25.1 Å². The molecule has 24 heavy (non-hydrogen) atoms. The minimum atomic E-state index is -1.01. The van der Waals surface area contributed by atoms with Crippen molar-refractivity contribution in [2.45, 2.75) is 6.92 Å². The number of nitrogens with zero attached hydrogens (tertiary/aromatic N) is 1. The van der Waals surface area contributed by atoms with Crippen LogP contribution in [0.5, 0.6) is 0 Å². The summed E-state index contributed by atoms with van der Waals surface area (Å²) in [5.74, 6) is -1.01. The first-order valence-electron chi connectivity index (χ1n) is 7.20. The number of benzene rings is 2. The van der Waals surface area contributed by atoms with E-state index in [1.165, 1.54) is 23.5 Å². The lowest BCUT2D eigenvalue weighted by Crippen LogP contribution is -2.02. The van der Waals surface area contributed by atoms with Crippen LogP contribution < -0.4 is 5.63 Å². The summed E-state index contributed by atoms with van der Waals surface area (Å²) in [5.41, 5.74) is 2.20. The van der Waals surface area contributed by atoms with Gasteiger partial charge < -0.3 is 9.52 Å². The Labute approximate surface area is 139 Å². The lowest BCUT2D eigenvalue weighted by Gasteiger charge is -2.00. The first-order chi connectivity index (χ1) is 11.5. The van der Waals surface area contributed by atoms with Gasteiger partial charge in [0.05, 0.1) is 21.3 Å². The fraction of sp³-hybridized carbons (Fsp3) is 0.0556. The van der Waals surface area contributed by atoms with Crippen LogP contribution in [0.15, 0.2) is 51.7 Å². The SMILES string of the molecule is Cc1ccc2cc(-c3nc4cc(C(=O)O)ccc4s3)c(=O)oc2c1. The number of aromatic carboxylic acids is 1. The van der Waals surface area contributed by atoms with E-state index in [9.17, 15) is 9.59 Å². The van der Waals surface area contributed by atoms with Gasteiger partial charge in [-0.1, -0.05) is 12.1 Å². The molecular formula is C18H11NO4S. The molecule has 0 saturated carbocycles. The second-order valence-corrected chi connectivity index (χ2v) is 6.53. The highest BCUT2D eigenvalue weighted by atomic mass is 32.1. The minimum Gasteiger partial charge on any atom is -0.478 e. The van der Waals surface area contributed by atoms with Gasteiger partial charge in [-0.2, -0.15) is 0 Å². The third kappa shape index (κ3) is 2.37. The second kappa shape index (κ2) is 5.28. The minimum absolute atomic E-state index is 0.167. The summed E-state index contributed by atoms with van der Waals surface area (Å²) in [7, 11) is 0. The molecule has 0 amide bonds. The number of hydrogen-bond acceptors (Lipinski definition) is 5. The molecule has 2 aromatic carbocycles. The van der Waals surface area contributed by atoms with E-state index in [-0.39, 0.29) is 5.56 Å². The number of carboxylic acids is 1. The molecule has 4 rings (SSSR count). The smallest absolute Gasteiger partial charge is 0.346 e. The van der Waals surface area contributed by atoms with Crippen molar-refractivity contribution >= 4 is 38.5 Å². The van der Waals surface area contributed by atoms with Crippen LogP contribution in [0.2, 0.25) is 0 Å². The van der Waals surface area contributed by atoms with E-state index >= 15 is 0 Å². The second-order valence-electron chi connectivity index (χ2n) is 5.50. The largest absolute Gasteiger partial charge is 0.478 e. The number of hydrogen-bond donors (Lipinski definition) is 1. The Morgan fingerprint density at radius 3 is 2.79 bits per heavy atom. The number of carbonyl (C=O) groups is 1. The van der Waals surface area contributed by atoms with Crippen LogP contribution in [0.25, 0.3) is 31.8 Å². The zero-order valence-corrected chi connectivity index (χ0v) is 13.4. The molecular weight excluding hydrogens is 326 g/mol. The average Bonchev–Trinajstić information content (AvgIpc) is 2.96. The van der Waals surface area contributed by atoms with Crippen LogP contribution in [-0.4, -0.2) is 16.1 Å². The van der Waals surface area contributed by atoms with Crippen molar-refractivity contribution in [1.82, 2.24) is 4.98 Å². The number of thiazole rings is 1. The van der Waals surface area contributed by atoms with Gasteiger partial charge in [-0.05, 0) is 42.8 Å². The van der Waals surface area contributed by atoms with E-state index in [0.29, 0.717) is 21.7 Å². The third-order valence-corrected chi connectivity index (χ3v) is 4.83. The Morgan fingerprint density at radius 2 is 2.00 bits per heavy atom. The normalized spacial score (nSPS) is 11.2. The Bertz CT molecular complexity index is 1170. The van der Waals surface area contributed by atoms with E-state index < -0.39 is 11.6 Å². The molecule has 4 aromatic rings. The third-order valence-electron chi connectivity index (χ3n) is 3.76. The Morgan fingerprint density at radius 1 is 1.17 bits per heavy atom. The fourth-order valence-electron chi connectivity index (χ4n) is 2.54. The summed E-state index contributed by atoms with van der Waals surface area (Å²) in [4.78, 5) is 27.8. The molecule has 0 unspecified atom stereocenters. The standard InChI is InChI=1S/C18H11NO4S/c1-9-2-3-10-7-12(18(22)23-14(10)6-9)16-19-13-8-11(17(20)21)4-5-15(13)24-16/h2-8H,1H3,(H,20,21). The van der Waals surface area contributed by atoms with Crippen molar-refractivity contribution in [2.24, 2.45) is 0 Å². The van der Waals surface area contributed by atoms with Crippen molar-refractivity contribution < 1.29 is 14.3 Å². The lowest BCUT2D eigenvalue weighted by molar-refractivity contribution is 0.0697. The van der Waals surface area contributed by atoms with Gasteiger partial charge >= 0.3 is 11.6 Å². The van der Waals surface area contributed by atoms with E-state index in [4.69, 9.17) is 9.52 Å². The highest BCUT2D eigenvalue weighted by molar-refractivity contribution is 7.21. The van der Waals surface area contributed by atoms with Crippen molar-refractivity contribution in [3.8, 4) is 10.6 Å². The summed E-state index contributed by atoms with van der Waals surface area (Å²) < 4.78 is 6.22. The van der Waals surface area contributed by atoms with Gasteiger partial charge in [-0.15, -0.1) is 11.3 Å². The van der Waals surface area contributed by atoms with E-state index in [2.05, 4.69) is 4.98 Å². The maximum atomic E-state index is 12.3. The number of aryl methyl sites for hydroxylation is 1. The molecule has 0 aliphatic carbocycles.